The summed E-state index contributed by atoms with van der Waals surface area (Å²) < 4.78 is 34.4. The second kappa shape index (κ2) is 9.91. The summed E-state index contributed by atoms with van der Waals surface area (Å²) in [4.78, 5) is 38.9. The highest BCUT2D eigenvalue weighted by molar-refractivity contribution is 7.89. The van der Waals surface area contributed by atoms with Crippen molar-refractivity contribution in [1.82, 2.24) is 4.31 Å². The maximum absolute atomic E-state index is 14.1. The van der Waals surface area contributed by atoms with E-state index in [1.807, 2.05) is 26.8 Å². The number of carbonyl (C=O) groups is 3. The van der Waals surface area contributed by atoms with Gasteiger partial charge in [0.05, 0.1) is 17.0 Å². The largest absolute Gasteiger partial charge is 0.427 e. The molecule has 1 aliphatic rings. The van der Waals surface area contributed by atoms with Crippen LogP contribution in [-0.2, 0) is 24.4 Å². The maximum Gasteiger partial charge on any atom is 0.308 e. The standard InChI is InChI=1S/C26H32N2O6S/c1-8-17(4)28(35(32,33)25-18(5)15(2)13-16(3)19(25)6)23-14-24(30)27(26(23)31)21-9-11-22(12-10-21)34-20(7)29/h9-13,17,23H,8,14H2,1-7H3. The van der Waals surface area contributed by atoms with Gasteiger partial charge in [-0.2, -0.15) is 4.31 Å². The molecule has 0 spiro atoms. The van der Waals surface area contributed by atoms with E-state index in [0.29, 0.717) is 23.2 Å². The van der Waals surface area contributed by atoms with E-state index >= 15 is 0 Å². The van der Waals surface area contributed by atoms with Crippen LogP contribution < -0.4 is 9.64 Å². The molecule has 0 saturated carbocycles. The van der Waals surface area contributed by atoms with Crippen LogP contribution in [-0.4, -0.2) is 42.6 Å². The molecule has 0 bridgehead atoms. The molecule has 1 aliphatic heterocycles. The summed E-state index contributed by atoms with van der Waals surface area (Å²) in [6.07, 6.45) is 0.216. The van der Waals surface area contributed by atoms with Gasteiger partial charge < -0.3 is 4.74 Å². The molecule has 35 heavy (non-hydrogen) atoms. The van der Waals surface area contributed by atoms with Crippen molar-refractivity contribution in [2.75, 3.05) is 4.90 Å². The second-order valence-corrected chi connectivity index (χ2v) is 10.8. The third kappa shape index (κ3) is 4.88. The zero-order valence-electron chi connectivity index (χ0n) is 21.2. The summed E-state index contributed by atoms with van der Waals surface area (Å²) >= 11 is 0. The molecular weight excluding hydrogens is 468 g/mol. The van der Waals surface area contributed by atoms with E-state index in [1.165, 1.54) is 35.5 Å². The van der Waals surface area contributed by atoms with Gasteiger partial charge in [0.25, 0.3) is 5.91 Å². The first-order valence-corrected chi connectivity index (χ1v) is 13.0. The number of ether oxygens (including phenoxy) is 1. The molecule has 3 rings (SSSR count). The number of imide groups is 1. The van der Waals surface area contributed by atoms with Crippen molar-refractivity contribution in [3.05, 3.63) is 52.6 Å². The SMILES string of the molecule is CCC(C)N(C1CC(=O)N(c2ccc(OC(C)=O)cc2)C1=O)S(=O)(=O)c1c(C)c(C)cc(C)c1C. The number of carbonyl (C=O) groups excluding carboxylic acids is 3. The molecule has 1 heterocycles. The number of esters is 1. The Bertz CT molecular complexity index is 1260. The molecule has 2 amide bonds. The van der Waals surface area contributed by atoms with Gasteiger partial charge >= 0.3 is 5.97 Å². The molecule has 188 valence electrons. The Labute approximate surface area is 206 Å². The maximum atomic E-state index is 14.1. The predicted octanol–water partition coefficient (Wildman–Crippen LogP) is 3.97. The summed E-state index contributed by atoms with van der Waals surface area (Å²) in [5, 5.41) is 0. The van der Waals surface area contributed by atoms with Crippen LogP contribution in [0, 0.1) is 27.7 Å². The minimum absolute atomic E-state index is 0.194. The molecular formula is C26H32N2O6S. The second-order valence-electron chi connectivity index (χ2n) is 9.06. The lowest BCUT2D eigenvalue weighted by Crippen LogP contribution is -2.49. The summed E-state index contributed by atoms with van der Waals surface area (Å²) in [6, 6.07) is 6.24. The fourth-order valence-corrected chi connectivity index (χ4v) is 6.91. The van der Waals surface area contributed by atoms with E-state index in [4.69, 9.17) is 4.74 Å². The predicted molar refractivity (Wildman–Crippen MR) is 133 cm³/mol. The fraction of sp³-hybridized carbons (Fsp3) is 0.423. The first-order chi connectivity index (χ1) is 16.3. The highest BCUT2D eigenvalue weighted by Gasteiger charge is 2.49. The van der Waals surface area contributed by atoms with Gasteiger partial charge in [-0.3, -0.25) is 14.4 Å². The van der Waals surface area contributed by atoms with Crippen molar-refractivity contribution < 1.29 is 27.5 Å². The van der Waals surface area contributed by atoms with Crippen LogP contribution in [0.5, 0.6) is 5.75 Å². The van der Waals surface area contributed by atoms with Crippen LogP contribution >= 0.6 is 0 Å². The number of amides is 2. The highest BCUT2D eigenvalue weighted by atomic mass is 32.2. The fourth-order valence-electron chi connectivity index (χ4n) is 4.48. The average Bonchev–Trinajstić information content (AvgIpc) is 3.05. The minimum atomic E-state index is -4.11. The van der Waals surface area contributed by atoms with Gasteiger partial charge in [-0.15, -0.1) is 0 Å². The van der Waals surface area contributed by atoms with Crippen molar-refractivity contribution in [3.8, 4) is 5.75 Å². The van der Waals surface area contributed by atoms with Crippen molar-refractivity contribution in [2.45, 2.75) is 78.3 Å². The lowest BCUT2D eigenvalue weighted by molar-refractivity contribution is -0.132. The minimum Gasteiger partial charge on any atom is -0.427 e. The Morgan fingerprint density at radius 3 is 2.11 bits per heavy atom. The Kier molecular flexibility index (Phi) is 7.52. The Hall–Kier alpha value is -3.04. The zero-order valence-corrected chi connectivity index (χ0v) is 22.0. The normalized spacial score (nSPS) is 17.3. The molecule has 8 nitrogen and oxygen atoms in total. The van der Waals surface area contributed by atoms with Gasteiger partial charge in [-0.25, -0.2) is 13.3 Å². The highest BCUT2D eigenvalue weighted by Crippen LogP contribution is 2.35. The van der Waals surface area contributed by atoms with E-state index in [-0.39, 0.29) is 17.1 Å². The molecule has 2 unspecified atom stereocenters. The number of nitrogens with zero attached hydrogens (tertiary/aromatic N) is 2. The number of hydrogen-bond acceptors (Lipinski definition) is 6. The Morgan fingerprint density at radius 1 is 1.09 bits per heavy atom. The summed E-state index contributed by atoms with van der Waals surface area (Å²) in [5.41, 5.74) is 3.25. The Balaban J connectivity index is 2.06. The van der Waals surface area contributed by atoms with Gasteiger partial charge in [0.1, 0.15) is 11.8 Å². The van der Waals surface area contributed by atoms with E-state index < -0.39 is 39.9 Å². The number of rotatable bonds is 7. The Morgan fingerprint density at radius 2 is 1.63 bits per heavy atom. The smallest absolute Gasteiger partial charge is 0.308 e. The quantitative estimate of drug-likeness (QED) is 0.324. The molecule has 1 fully saturated rings. The lowest BCUT2D eigenvalue weighted by Gasteiger charge is -2.33. The zero-order chi connectivity index (χ0) is 26.2. The van der Waals surface area contributed by atoms with E-state index in [0.717, 1.165) is 16.0 Å². The first-order valence-electron chi connectivity index (χ1n) is 11.6. The molecule has 0 aromatic heterocycles. The van der Waals surface area contributed by atoms with Gasteiger partial charge in [0, 0.05) is 13.0 Å². The third-order valence-electron chi connectivity index (χ3n) is 6.64. The van der Waals surface area contributed by atoms with Crippen LogP contribution in [0.2, 0.25) is 0 Å². The number of anilines is 1. The molecule has 2 aromatic rings. The van der Waals surface area contributed by atoms with Gasteiger partial charge in [-0.1, -0.05) is 13.0 Å². The molecule has 0 N–H and O–H groups in total. The van der Waals surface area contributed by atoms with E-state index in [9.17, 15) is 22.8 Å². The number of hydrogen-bond donors (Lipinski definition) is 0. The van der Waals surface area contributed by atoms with Gasteiger partial charge in [0.15, 0.2) is 0 Å². The van der Waals surface area contributed by atoms with Crippen LogP contribution in [0.1, 0.15) is 55.9 Å². The summed E-state index contributed by atoms with van der Waals surface area (Å²) in [7, 11) is -4.11. The molecule has 2 atom stereocenters. The van der Waals surface area contributed by atoms with Gasteiger partial charge in [0.2, 0.25) is 15.9 Å². The topological polar surface area (TPSA) is 101 Å². The molecule has 1 saturated heterocycles. The van der Waals surface area contributed by atoms with Crippen molar-refractivity contribution in [2.24, 2.45) is 0 Å². The van der Waals surface area contributed by atoms with Crippen molar-refractivity contribution in [3.63, 3.8) is 0 Å². The van der Waals surface area contributed by atoms with Crippen LogP contribution in [0.15, 0.2) is 35.2 Å². The monoisotopic (exact) mass is 500 g/mol. The molecule has 0 aliphatic carbocycles. The summed E-state index contributed by atoms with van der Waals surface area (Å²) in [5.74, 6) is -1.30. The van der Waals surface area contributed by atoms with E-state index in [2.05, 4.69) is 0 Å². The molecule has 0 radical (unpaired) electrons. The third-order valence-corrected chi connectivity index (χ3v) is 8.94. The van der Waals surface area contributed by atoms with Crippen LogP contribution in [0.4, 0.5) is 5.69 Å². The van der Waals surface area contributed by atoms with Crippen LogP contribution in [0.25, 0.3) is 0 Å². The first kappa shape index (κ1) is 26.6. The number of sulfonamides is 1. The molecule has 9 heteroatoms. The van der Waals surface area contributed by atoms with Gasteiger partial charge in [-0.05, 0) is 87.6 Å². The number of aryl methyl sites for hydroxylation is 2. The summed E-state index contributed by atoms with van der Waals surface area (Å²) in [6.45, 7) is 12.1. The van der Waals surface area contributed by atoms with Crippen molar-refractivity contribution >= 4 is 33.5 Å². The van der Waals surface area contributed by atoms with Crippen LogP contribution in [0.3, 0.4) is 0 Å². The molecule has 2 aromatic carbocycles. The van der Waals surface area contributed by atoms with E-state index in [1.54, 1.807) is 20.8 Å². The van der Waals surface area contributed by atoms with Crippen molar-refractivity contribution in [1.29, 1.82) is 0 Å². The lowest BCUT2D eigenvalue weighted by atomic mass is 10.0. The average molecular weight is 501 g/mol. The number of benzene rings is 2.